The second-order valence-corrected chi connectivity index (χ2v) is 7.63. The van der Waals surface area contributed by atoms with Crippen molar-refractivity contribution in [2.24, 2.45) is 5.92 Å². The van der Waals surface area contributed by atoms with Crippen molar-refractivity contribution in [3.05, 3.63) is 22.7 Å². The van der Waals surface area contributed by atoms with Gasteiger partial charge in [-0.3, -0.25) is 4.90 Å². The minimum Gasteiger partial charge on any atom is -0.466 e. The van der Waals surface area contributed by atoms with Crippen LogP contribution in [0.4, 0.5) is 9.18 Å². The van der Waals surface area contributed by atoms with Crippen LogP contribution in [0.15, 0.2) is 22.7 Å². The Kier molecular flexibility index (Phi) is 5.99. The Hall–Kier alpha value is -1.85. The zero-order chi connectivity index (χ0) is 18.7. The second-order valence-electron chi connectivity index (χ2n) is 7.63. The molecule has 1 fully saturated rings. The zero-order valence-electron chi connectivity index (χ0n) is 15.8. The smallest absolute Gasteiger partial charge is 0.337 e. The molecule has 2 aliphatic carbocycles. The van der Waals surface area contributed by atoms with E-state index in [2.05, 4.69) is 5.32 Å². The molecule has 0 aromatic rings. The Morgan fingerprint density at radius 2 is 1.88 bits per heavy atom. The zero-order valence-corrected chi connectivity index (χ0v) is 15.8. The molecular formula is C20H29FN2O3. The molecule has 0 aromatic carbocycles. The van der Waals surface area contributed by atoms with E-state index >= 15 is 0 Å². The largest absolute Gasteiger partial charge is 0.466 e. The molecule has 0 saturated heterocycles. The number of amides is 2. The van der Waals surface area contributed by atoms with Crippen LogP contribution in [0, 0.1) is 5.92 Å². The summed E-state index contributed by atoms with van der Waals surface area (Å²) in [6, 6.07) is -0.950. The average molecular weight is 364 g/mol. The van der Waals surface area contributed by atoms with Gasteiger partial charge in [-0.1, -0.05) is 19.3 Å². The maximum atomic E-state index is 14.4. The highest BCUT2D eigenvalue weighted by molar-refractivity contribution is 5.95. The van der Waals surface area contributed by atoms with E-state index in [1.807, 2.05) is 0 Å². The molecule has 1 N–H and O–H groups in total. The third-order valence-corrected chi connectivity index (χ3v) is 5.96. The minimum absolute atomic E-state index is 0.198. The molecule has 26 heavy (non-hydrogen) atoms. The van der Waals surface area contributed by atoms with Gasteiger partial charge in [0.2, 0.25) is 0 Å². The van der Waals surface area contributed by atoms with Crippen LogP contribution in [0.2, 0.25) is 0 Å². The molecule has 0 spiro atoms. The SMILES string of the molecule is COC(=O)C1=C(C)N(CC2CCCCC2)C(=O)NC1C1=C(F)CCCC1. The number of hydrogen-bond donors (Lipinski definition) is 1. The molecule has 6 heteroatoms. The number of halogens is 1. The van der Waals surface area contributed by atoms with E-state index in [-0.39, 0.29) is 11.9 Å². The summed E-state index contributed by atoms with van der Waals surface area (Å²) in [4.78, 5) is 26.9. The van der Waals surface area contributed by atoms with Gasteiger partial charge in [0, 0.05) is 12.2 Å². The fraction of sp³-hybridized carbons (Fsp3) is 0.700. The Labute approximate surface area is 154 Å². The number of methoxy groups -OCH3 is 1. The Morgan fingerprint density at radius 1 is 1.19 bits per heavy atom. The Bertz CT molecular complexity index is 635. The van der Waals surface area contributed by atoms with Crippen molar-refractivity contribution < 1.29 is 18.7 Å². The average Bonchev–Trinajstić information content (AvgIpc) is 2.65. The van der Waals surface area contributed by atoms with Gasteiger partial charge in [0.05, 0.1) is 18.7 Å². The third kappa shape index (κ3) is 3.79. The summed E-state index contributed by atoms with van der Waals surface area (Å²) in [5.41, 5.74) is 1.50. The molecule has 5 nitrogen and oxygen atoms in total. The molecule has 1 heterocycles. The quantitative estimate of drug-likeness (QED) is 0.761. The highest BCUT2D eigenvalue weighted by Crippen LogP contribution is 2.35. The molecule has 3 aliphatic rings. The van der Waals surface area contributed by atoms with Crippen molar-refractivity contribution >= 4 is 12.0 Å². The topological polar surface area (TPSA) is 58.6 Å². The van der Waals surface area contributed by atoms with Gasteiger partial charge < -0.3 is 10.1 Å². The van der Waals surface area contributed by atoms with E-state index in [1.165, 1.54) is 26.4 Å². The second kappa shape index (κ2) is 8.23. The molecule has 144 valence electrons. The van der Waals surface area contributed by atoms with Crippen molar-refractivity contribution in [1.29, 1.82) is 0 Å². The fourth-order valence-electron chi connectivity index (χ4n) is 4.46. The van der Waals surface area contributed by atoms with E-state index in [0.29, 0.717) is 42.1 Å². The van der Waals surface area contributed by atoms with Crippen molar-refractivity contribution in [3.8, 4) is 0 Å². The van der Waals surface area contributed by atoms with Gasteiger partial charge in [-0.25, -0.2) is 14.0 Å². The summed E-state index contributed by atoms with van der Waals surface area (Å²) in [6.45, 7) is 2.38. The first-order chi connectivity index (χ1) is 12.5. The number of allylic oxidation sites excluding steroid dienone is 2. The molecule has 1 unspecified atom stereocenters. The van der Waals surface area contributed by atoms with Crippen molar-refractivity contribution in [2.75, 3.05) is 13.7 Å². The van der Waals surface area contributed by atoms with Gasteiger partial charge in [0.1, 0.15) is 5.83 Å². The maximum Gasteiger partial charge on any atom is 0.337 e. The van der Waals surface area contributed by atoms with Gasteiger partial charge in [0.15, 0.2) is 0 Å². The lowest BCUT2D eigenvalue weighted by Gasteiger charge is -2.38. The first-order valence-corrected chi connectivity index (χ1v) is 9.77. The van der Waals surface area contributed by atoms with E-state index in [9.17, 15) is 14.0 Å². The predicted octanol–water partition coefficient (Wildman–Crippen LogP) is 4.21. The standard InChI is InChI=1S/C20H29FN2O3/c1-13-17(19(24)26-2)18(15-10-6-7-11-16(15)21)22-20(25)23(13)12-14-8-4-3-5-9-14/h14,18H,3-12H2,1-2H3,(H,22,25). The van der Waals surface area contributed by atoms with E-state index in [1.54, 1.807) is 11.8 Å². The number of carbonyl (C=O) groups is 2. The lowest BCUT2D eigenvalue weighted by molar-refractivity contribution is -0.136. The first kappa shape index (κ1) is 18.9. The number of carbonyl (C=O) groups excluding carboxylic acids is 2. The number of rotatable bonds is 4. The Balaban J connectivity index is 1.93. The molecule has 1 atom stereocenters. The van der Waals surface area contributed by atoms with E-state index < -0.39 is 12.0 Å². The van der Waals surface area contributed by atoms with Crippen molar-refractivity contribution in [1.82, 2.24) is 10.2 Å². The van der Waals surface area contributed by atoms with Gasteiger partial charge in [-0.2, -0.15) is 0 Å². The van der Waals surface area contributed by atoms with Crippen LogP contribution in [0.25, 0.3) is 0 Å². The first-order valence-electron chi connectivity index (χ1n) is 9.77. The van der Waals surface area contributed by atoms with Crippen molar-refractivity contribution in [2.45, 2.75) is 70.8 Å². The molecule has 0 aromatic heterocycles. The lowest BCUT2D eigenvalue weighted by Crippen LogP contribution is -2.54. The van der Waals surface area contributed by atoms with Crippen LogP contribution in [-0.4, -0.2) is 36.6 Å². The molecule has 3 rings (SSSR count). The summed E-state index contributed by atoms with van der Waals surface area (Å²) in [7, 11) is 1.33. The van der Waals surface area contributed by atoms with Gasteiger partial charge in [0.25, 0.3) is 0 Å². The van der Waals surface area contributed by atoms with E-state index in [0.717, 1.165) is 25.7 Å². The number of ether oxygens (including phenoxy) is 1. The number of esters is 1. The van der Waals surface area contributed by atoms with Crippen molar-refractivity contribution in [3.63, 3.8) is 0 Å². The summed E-state index contributed by atoms with van der Waals surface area (Å²) in [6.07, 6.45) is 8.45. The Morgan fingerprint density at radius 3 is 2.54 bits per heavy atom. The van der Waals surface area contributed by atoms with Crippen LogP contribution in [0.3, 0.4) is 0 Å². The van der Waals surface area contributed by atoms with E-state index in [4.69, 9.17) is 4.74 Å². The summed E-state index contributed by atoms with van der Waals surface area (Å²) >= 11 is 0. The van der Waals surface area contributed by atoms with Crippen LogP contribution in [-0.2, 0) is 9.53 Å². The number of hydrogen-bond acceptors (Lipinski definition) is 3. The van der Waals surface area contributed by atoms with Crippen LogP contribution in [0.5, 0.6) is 0 Å². The van der Waals surface area contributed by atoms with Gasteiger partial charge in [-0.05, 0) is 56.9 Å². The molecular weight excluding hydrogens is 335 g/mol. The molecule has 2 amide bonds. The molecule has 0 bridgehead atoms. The minimum atomic E-state index is -0.710. The van der Waals surface area contributed by atoms with Gasteiger partial charge >= 0.3 is 12.0 Å². The number of nitrogens with zero attached hydrogens (tertiary/aromatic N) is 1. The maximum absolute atomic E-state index is 14.4. The molecule has 1 aliphatic heterocycles. The number of urea groups is 1. The van der Waals surface area contributed by atoms with Crippen LogP contribution < -0.4 is 5.32 Å². The lowest BCUT2D eigenvalue weighted by atomic mass is 9.86. The fourth-order valence-corrected chi connectivity index (χ4v) is 4.46. The monoisotopic (exact) mass is 364 g/mol. The normalized spacial score (nSPS) is 25.4. The van der Waals surface area contributed by atoms with Crippen LogP contribution >= 0.6 is 0 Å². The highest BCUT2D eigenvalue weighted by Gasteiger charge is 2.39. The summed E-state index contributed by atoms with van der Waals surface area (Å²) in [5.74, 6) is -0.242. The summed E-state index contributed by atoms with van der Waals surface area (Å²) in [5, 5.41) is 2.88. The molecule has 0 radical (unpaired) electrons. The molecule has 1 saturated carbocycles. The van der Waals surface area contributed by atoms with Gasteiger partial charge in [-0.15, -0.1) is 0 Å². The third-order valence-electron chi connectivity index (χ3n) is 5.96. The summed E-state index contributed by atoms with van der Waals surface area (Å²) < 4.78 is 19.4. The predicted molar refractivity (Wildman–Crippen MR) is 96.9 cm³/mol. The number of nitrogens with one attached hydrogen (secondary N) is 1. The highest BCUT2D eigenvalue weighted by atomic mass is 19.1. The van der Waals surface area contributed by atoms with Crippen LogP contribution in [0.1, 0.15) is 64.7 Å².